The maximum atomic E-state index is 4.60. The summed E-state index contributed by atoms with van der Waals surface area (Å²) in [7, 11) is 0. The van der Waals surface area contributed by atoms with Gasteiger partial charge in [0.2, 0.25) is 0 Å². The SMILES string of the molecule is Cc1cc(N2CCC(c3nnc(Cn4cncn4)n3C3CC3)CC2)ncn1. The molecule has 9 heteroatoms. The number of aryl methyl sites for hydroxylation is 1. The second-order valence-electron chi connectivity index (χ2n) is 7.45. The lowest BCUT2D eigenvalue weighted by molar-refractivity contribution is 0.458. The second-order valence-corrected chi connectivity index (χ2v) is 7.45. The minimum absolute atomic E-state index is 0.446. The molecular formula is C18H23N9. The number of hydrogen-bond donors (Lipinski definition) is 0. The van der Waals surface area contributed by atoms with Gasteiger partial charge in [0.15, 0.2) is 5.82 Å². The third kappa shape index (κ3) is 3.29. The van der Waals surface area contributed by atoms with Crippen LogP contribution in [0.1, 0.15) is 55.0 Å². The summed E-state index contributed by atoms with van der Waals surface area (Å²) in [5.41, 5.74) is 1.01. The van der Waals surface area contributed by atoms with E-state index in [0.29, 0.717) is 18.5 Å². The number of anilines is 1. The Morgan fingerprint density at radius 2 is 1.89 bits per heavy atom. The van der Waals surface area contributed by atoms with E-state index in [9.17, 15) is 0 Å². The van der Waals surface area contributed by atoms with Gasteiger partial charge in [-0.25, -0.2) is 19.6 Å². The quantitative estimate of drug-likeness (QED) is 0.680. The molecule has 0 radical (unpaired) electrons. The van der Waals surface area contributed by atoms with Crippen molar-refractivity contribution in [1.82, 2.24) is 39.5 Å². The van der Waals surface area contributed by atoms with E-state index in [2.05, 4.69) is 45.8 Å². The molecule has 0 unspecified atom stereocenters. The first-order valence-corrected chi connectivity index (χ1v) is 9.57. The van der Waals surface area contributed by atoms with E-state index in [-0.39, 0.29) is 0 Å². The van der Waals surface area contributed by atoms with Gasteiger partial charge in [-0.2, -0.15) is 5.10 Å². The minimum Gasteiger partial charge on any atom is -0.356 e. The van der Waals surface area contributed by atoms with Crippen molar-refractivity contribution in [1.29, 1.82) is 0 Å². The Kier molecular flexibility index (Phi) is 4.06. The van der Waals surface area contributed by atoms with Gasteiger partial charge in [-0.05, 0) is 32.6 Å². The Morgan fingerprint density at radius 3 is 2.59 bits per heavy atom. The summed E-state index contributed by atoms with van der Waals surface area (Å²) in [5.74, 6) is 3.61. The van der Waals surface area contributed by atoms with E-state index < -0.39 is 0 Å². The molecular weight excluding hydrogens is 342 g/mol. The first-order valence-electron chi connectivity index (χ1n) is 9.57. The monoisotopic (exact) mass is 365 g/mol. The van der Waals surface area contributed by atoms with Crippen molar-refractivity contribution in [3.8, 4) is 0 Å². The zero-order valence-corrected chi connectivity index (χ0v) is 15.4. The Bertz CT molecular complexity index is 905. The molecule has 9 nitrogen and oxygen atoms in total. The van der Waals surface area contributed by atoms with Crippen LogP contribution in [0.3, 0.4) is 0 Å². The van der Waals surface area contributed by atoms with E-state index in [0.717, 1.165) is 49.1 Å². The molecule has 2 fully saturated rings. The van der Waals surface area contributed by atoms with Crippen LogP contribution >= 0.6 is 0 Å². The molecule has 1 aliphatic heterocycles. The van der Waals surface area contributed by atoms with Crippen LogP contribution in [0, 0.1) is 6.92 Å². The lowest BCUT2D eigenvalue weighted by Crippen LogP contribution is -2.34. The van der Waals surface area contributed by atoms with Gasteiger partial charge in [0.05, 0.1) is 0 Å². The minimum atomic E-state index is 0.446. The number of piperidine rings is 1. The average Bonchev–Trinajstić information content (AvgIpc) is 3.23. The molecule has 5 rings (SSSR count). The molecule has 3 aromatic rings. The Hall–Kier alpha value is -2.84. The summed E-state index contributed by atoms with van der Waals surface area (Å²) in [6, 6.07) is 2.61. The molecule has 1 aliphatic carbocycles. The van der Waals surface area contributed by atoms with Crippen LogP contribution in [0.4, 0.5) is 5.82 Å². The van der Waals surface area contributed by atoms with Crippen molar-refractivity contribution in [3.05, 3.63) is 42.4 Å². The summed E-state index contributed by atoms with van der Waals surface area (Å²) >= 11 is 0. The van der Waals surface area contributed by atoms with Crippen molar-refractivity contribution >= 4 is 5.82 Å². The fourth-order valence-corrected chi connectivity index (χ4v) is 3.89. The van der Waals surface area contributed by atoms with Gasteiger partial charge in [-0.1, -0.05) is 0 Å². The van der Waals surface area contributed by atoms with Gasteiger partial charge in [-0.15, -0.1) is 10.2 Å². The highest BCUT2D eigenvalue weighted by molar-refractivity contribution is 5.39. The molecule has 0 spiro atoms. The van der Waals surface area contributed by atoms with Crippen LogP contribution < -0.4 is 4.90 Å². The second kappa shape index (κ2) is 6.71. The van der Waals surface area contributed by atoms with Crippen LogP contribution in [0.2, 0.25) is 0 Å². The van der Waals surface area contributed by atoms with Crippen LogP contribution in [-0.4, -0.2) is 52.6 Å². The molecule has 0 bridgehead atoms. The molecule has 2 aliphatic rings. The van der Waals surface area contributed by atoms with Gasteiger partial charge >= 0.3 is 0 Å². The van der Waals surface area contributed by atoms with Gasteiger partial charge in [0.1, 0.15) is 37.2 Å². The molecule has 0 atom stereocenters. The highest BCUT2D eigenvalue weighted by atomic mass is 15.4. The smallest absolute Gasteiger partial charge is 0.155 e. The third-order valence-electron chi connectivity index (χ3n) is 5.45. The molecule has 4 heterocycles. The molecule has 0 amide bonds. The summed E-state index contributed by atoms with van der Waals surface area (Å²) in [5, 5.41) is 13.3. The first-order chi connectivity index (χ1) is 13.3. The van der Waals surface area contributed by atoms with Crippen LogP contribution in [0.25, 0.3) is 0 Å². The molecule has 1 saturated carbocycles. The van der Waals surface area contributed by atoms with Gasteiger partial charge < -0.3 is 9.47 Å². The highest BCUT2D eigenvalue weighted by Crippen LogP contribution is 2.40. The first kappa shape index (κ1) is 16.3. The van der Waals surface area contributed by atoms with E-state index in [1.54, 1.807) is 19.0 Å². The van der Waals surface area contributed by atoms with Crippen molar-refractivity contribution in [2.75, 3.05) is 18.0 Å². The van der Waals surface area contributed by atoms with E-state index in [4.69, 9.17) is 0 Å². The zero-order chi connectivity index (χ0) is 18.2. The summed E-state index contributed by atoms with van der Waals surface area (Å²) in [6.07, 6.45) is 9.51. The van der Waals surface area contributed by atoms with E-state index in [1.807, 2.05) is 11.6 Å². The molecule has 140 valence electrons. The molecule has 0 aromatic carbocycles. The molecule has 0 N–H and O–H groups in total. The lowest BCUT2D eigenvalue weighted by Gasteiger charge is -2.32. The number of aromatic nitrogens is 8. The normalized spacial score (nSPS) is 18.2. The third-order valence-corrected chi connectivity index (χ3v) is 5.45. The molecule has 1 saturated heterocycles. The number of rotatable bonds is 5. The number of nitrogens with zero attached hydrogens (tertiary/aromatic N) is 9. The predicted molar refractivity (Wildman–Crippen MR) is 98.4 cm³/mol. The standard InChI is InChI=1S/C18H23N9/c1-13-8-16(21-11-20-13)25-6-4-14(5-7-25)18-24-23-17(27(18)15-2-3-15)9-26-12-19-10-22-26/h8,10-12,14-15H,2-7,9H2,1H3. The van der Waals surface area contributed by atoms with Crippen molar-refractivity contribution in [2.24, 2.45) is 0 Å². The van der Waals surface area contributed by atoms with Crippen molar-refractivity contribution < 1.29 is 0 Å². The fourth-order valence-electron chi connectivity index (χ4n) is 3.89. The average molecular weight is 365 g/mol. The Balaban J connectivity index is 1.33. The van der Waals surface area contributed by atoms with Gasteiger partial charge in [0.25, 0.3) is 0 Å². The molecule has 27 heavy (non-hydrogen) atoms. The Labute approximate surface area is 157 Å². The van der Waals surface area contributed by atoms with Crippen molar-refractivity contribution in [3.63, 3.8) is 0 Å². The summed E-state index contributed by atoms with van der Waals surface area (Å²) in [6.45, 7) is 4.60. The fraction of sp³-hybridized carbons (Fsp3) is 0.556. The topological polar surface area (TPSA) is 90.4 Å². The van der Waals surface area contributed by atoms with Crippen LogP contribution in [0.15, 0.2) is 25.0 Å². The summed E-state index contributed by atoms with van der Waals surface area (Å²) in [4.78, 5) is 15.0. The van der Waals surface area contributed by atoms with E-state index >= 15 is 0 Å². The Morgan fingerprint density at radius 1 is 1.04 bits per heavy atom. The van der Waals surface area contributed by atoms with Gasteiger partial charge in [-0.3, -0.25) is 0 Å². The number of hydrogen-bond acceptors (Lipinski definition) is 7. The predicted octanol–water partition coefficient (Wildman–Crippen LogP) is 1.74. The molecule has 3 aromatic heterocycles. The van der Waals surface area contributed by atoms with E-state index in [1.165, 1.54) is 12.8 Å². The van der Waals surface area contributed by atoms with Gasteiger partial charge in [0, 0.05) is 36.8 Å². The van der Waals surface area contributed by atoms with Crippen molar-refractivity contribution in [2.45, 2.75) is 51.1 Å². The van der Waals surface area contributed by atoms with Crippen LogP contribution in [0.5, 0.6) is 0 Å². The van der Waals surface area contributed by atoms with Crippen LogP contribution in [-0.2, 0) is 6.54 Å². The maximum absolute atomic E-state index is 4.60. The zero-order valence-electron chi connectivity index (χ0n) is 15.4. The highest BCUT2D eigenvalue weighted by Gasteiger charge is 2.33. The summed E-state index contributed by atoms with van der Waals surface area (Å²) < 4.78 is 4.18. The largest absolute Gasteiger partial charge is 0.356 e. The maximum Gasteiger partial charge on any atom is 0.155 e. The lowest BCUT2D eigenvalue weighted by atomic mass is 9.95.